The zero-order chi connectivity index (χ0) is 12.2. The van der Waals surface area contributed by atoms with Crippen molar-refractivity contribution in [3.8, 4) is 0 Å². The number of nitrogens with zero attached hydrogens (tertiary/aromatic N) is 1. The molecule has 1 unspecified atom stereocenters. The van der Waals surface area contributed by atoms with E-state index in [2.05, 4.69) is 19.2 Å². The smallest absolute Gasteiger partial charge is 0.223 e. The Hall–Kier alpha value is -0.570. The van der Waals surface area contributed by atoms with Crippen molar-refractivity contribution in [2.24, 2.45) is 5.41 Å². The van der Waals surface area contributed by atoms with Gasteiger partial charge in [-0.2, -0.15) is 0 Å². The highest BCUT2D eigenvalue weighted by atomic mass is 16.2. The number of carbonyl (C=O) groups is 1. The fraction of sp³-hybridized carbons (Fsp3) is 0.923. The zero-order valence-electron chi connectivity index (χ0n) is 11.2. The van der Waals surface area contributed by atoms with Crippen LogP contribution in [0.25, 0.3) is 0 Å². The minimum Gasteiger partial charge on any atom is -0.349 e. The highest BCUT2D eigenvalue weighted by Crippen LogP contribution is 2.36. The molecule has 0 spiro atoms. The first-order valence-corrected chi connectivity index (χ1v) is 6.36. The molecule has 16 heavy (non-hydrogen) atoms. The van der Waals surface area contributed by atoms with Crippen molar-refractivity contribution in [2.75, 3.05) is 20.6 Å². The Morgan fingerprint density at radius 1 is 1.38 bits per heavy atom. The maximum atomic E-state index is 11.5. The molecule has 1 aliphatic rings. The maximum absolute atomic E-state index is 11.5. The van der Waals surface area contributed by atoms with E-state index in [0.29, 0.717) is 11.8 Å². The molecule has 1 atom stereocenters. The fourth-order valence-corrected chi connectivity index (χ4v) is 2.34. The highest BCUT2D eigenvalue weighted by Gasteiger charge is 2.28. The molecule has 94 valence electrons. The second-order valence-electron chi connectivity index (χ2n) is 5.79. The summed E-state index contributed by atoms with van der Waals surface area (Å²) in [5.41, 5.74) is 0.468. The predicted octanol–water partition coefficient (Wildman–Crippen LogP) is 2.02. The maximum Gasteiger partial charge on any atom is 0.223 e. The van der Waals surface area contributed by atoms with Crippen molar-refractivity contribution >= 4 is 5.91 Å². The molecule has 1 N–H and O–H groups in total. The number of hydrogen-bond acceptors (Lipinski definition) is 2. The van der Waals surface area contributed by atoms with Crippen LogP contribution in [-0.2, 0) is 4.79 Å². The van der Waals surface area contributed by atoms with Crippen LogP contribution in [-0.4, -0.2) is 37.5 Å². The lowest BCUT2D eigenvalue weighted by molar-refractivity contribution is -0.129. The van der Waals surface area contributed by atoms with E-state index in [1.54, 1.807) is 4.90 Å². The van der Waals surface area contributed by atoms with Gasteiger partial charge in [0.05, 0.1) is 0 Å². The van der Waals surface area contributed by atoms with Gasteiger partial charge >= 0.3 is 0 Å². The number of nitrogens with one attached hydrogen (secondary N) is 1. The van der Waals surface area contributed by atoms with Gasteiger partial charge in [0.2, 0.25) is 5.91 Å². The number of rotatable bonds is 5. The van der Waals surface area contributed by atoms with Gasteiger partial charge in [0.1, 0.15) is 0 Å². The zero-order valence-corrected chi connectivity index (χ0v) is 11.2. The summed E-state index contributed by atoms with van der Waals surface area (Å²) in [5, 5.41) is 3.50. The predicted molar refractivity (Wildman–Crippen MR) is 67.4 cm³/mol. The standard InChI is InChI=1S/C13H26N2O/c1-11(9-12(16)15(3)4)14-10-13(2)7-5-6-8-13/h11,14H,5-10H2,1-4H3. The van der Waals surface area contributed by atoms with E-state index in [1.807, 2.05) is 14.1 Å². The second-order valence-corrected chi connectivity index (χ2v) is 5.79. The van der Waals surface area contributed by atoms with Crippen LogP contribution in [0, 0.1) is 5.41 Å². The normalized spacial score (nSPS) is 20.8. The van der Waals surface area contributed by atoms with E-state index >= 15 is 0 Å². The first-order chi connectivity index (χ1) is 7.43. The van der Waals surface area contributed by atoms with E-state index in [-0.39, 0.29) is 11.9 Å². The Labute approximate surface area is 99.6 Å². The molecule has 0 heterocycles. The minimum absolute atomic E-state index is 0.205. The summed E-state index contributed by atoms with van der Waals surface area (Å²) in [7, 11) is 3.63. The Morgan fingerprint density at radius 3 is 2.44 bits per heavy atom. The van der Waals surface area contributed by atoms with Crippen LogP contribution >= 0.6 is 0 Å². The lowest BCUT2D eigenvalue weighted by Crippen LogP contribution is -2.38. The monoisotopic (exact) mass is 226 g/mol. The third-order valence-electron chi connectivity index (χ3n) is 3.67. The second kappa shape index (κ2) is 5.67. The molecule has 0 aliphatic heterocycles. The van der Waals surface area contributed by atoms with E-state index in [1.165, 1.54) is 25.7 Å². The summed E-state index contributed by atoms with van der Waals surface area (Å²) in [6.07, 6.45) is 5.98. The summed E-state index contributed by atoms with van der Waals surface area (Å²) in [4.78, 5) is 13.2. The lowest BCUT2D eigenvalue weighted by Gasteiger charge is -2.26. The van der Waals surface area contributed by atoms with E-state index in [4.69, 9.17) is 0 Å². The quantitative estimate of drug-likeness (QED) is 0.778. The molecule has 1 amide bonds. The van der Waals surface area contributed by atoms with Gasteiger partial charge in [0, 0.05) is 33.1 Å². The molecule has 3 heteroatoms. The molecule has 0 aromatic carbocycles. The summed E-state index contributed by atoms with van der Waals surface area (Å²) in [6.45, 7) is 5.50. The van der Waals surface area contributed by atoms with Crippen LogP contribution in [0.5, 0.6) is 0 Å². The van der Waals surface area contributed by atoms with Crippen LogP contribution in [0.15, 0.2) is 0 Å². The van der Waals surface area contributed by atoms with E-state index in [9.17, 15) is 4.79 Å². The van der Waals surface area contributed by atoms with Crippen LogP contribution in [0.3, 0.4) is 0 Å². The summed E-state index contributed by atoms with van der Waals surface area (Å²) in [5.74, 6) is 0.205. The molecule has 1 rings (SSSR count). The van der Waals surface area contributed by atoms with E-state index in [0.717, 1.165) is 6.54 Å². The van der Waals surface area contributed by atoms with Gasteiger partial charge in [-0.3, -0.25) is 4.79 Å². The van der Waals surface area contributed by atoms with E-state index < -0.39 is 0 Å². The van der Waals surface area contributed by atoms with Crippen LogP contribution in [0.1, 0.15) is 46.0 Å². The molecule has 0 radical (unpaired) electrons. The first kappa shape index (κ1) is 13.5. The Balaban J connectivity index is 2.24. The Morgan fingerprint density at radius 2 is 1.94 bits per heavy atom. The average Bonchev–Trinajstić information content (AvgIpc) is 2.63. The van der Waals surface area contributed by atoms with Crippen LogP contribution in [0.4, 0.5) is 0 Å². The molecule has 1 saturated carbocycles. The molecular weight excluding hydrogens is 200 g/mol. The molecule has 1 aliphatic carbocycles. The molecule has 0 aromatic rings. The van der Waals surface area contributed by atoms with Crippen molar-refractivity contribution in [1.29, 1.82) is 0 Å². The first-order valence-electron chi connectivity index (χ1n) is 6.36. The van der Waals surface area contributed by atoms with Gasteiger partial charge < -0.3 is 10.2 Å². The topological polar surface area (TPSA) is 32.3 Å². The minimum atomic E-state index is 0.205. The molecule has 1 fully saturated rings. The van der Waals surface area contributed by atoms with Crippen molar-refractivity contribution in [1.82, 2.24) is 10.2 Å². The van der Waals surface area contributed by atoms with Crippen molar-refractivity contribution < 1.29 is 4.79 Å². The van der Waals surface area contributed by atoms with Gasteiger partial charge in [-0.25, -0.2) is 0 Å². The van der Waals surface area contributed by atoms with Crippen molar-refractivity contribution in [2.45, 2.75) is 52.0 Å². The third-order valence-corrected chi connectivity index (χ3v) is 3.67. The summed E-state index contributed by atoms with van der Waals surface area (Å²) >= 11 is 0. The molecule has 0 aromatic heterocycles. The Bertz CT molecular complexity index is 232. The fourth-order valence-electron chi connectivity index (χ4n) is 2.34. The summed E-state index contributed by atoms with van der Waals surface area (Å²) in [6, 6.07) is 0.285. The van der Waals surface area contributed by atoms with Crippen LogP contribution in [0.2, 0.25) is 0 Å². The third kappa shape index (κ3) is 4.12. The highest BCUT2D eigenvalue weighted by molar-refractivity contribution is 5.76. The van der Waals surface area contributed by atoms with Crippen LogP contribution < -0.4 is 5.32 Å². The summed E-state index contributed by atoms with van der Waals surface area (Å²) < 4.78 is 0. The average molecular weight is 226 g/mol. The van der Waals surface area contributed by atoms with Gasteiger partial charge in [-0.05, 0) is 25.2 Å². The van der Waals surface area contributed by atoms with Gasteiger partial charge in [0.25, 0.3) is 0 Å². The number of hydrogen-bond donors (Lipinski definition) is 1. The van der Waals surface area contributed by atoms with Crippen molar-refractivity contribution in [3.63, 3.8) is 0 Å². The number of carbonyl (C=O) groups excluding carboxylic acids is 1. The molecule has 3 nitrogen and oxygen atoms in total. The Kier molecular flexibility index (Phi) is 4.78. The molecule has 0 bridgehead atoms. The number of amides is 1. The molecule has 0 saturated heterocycles. The largest absolute Gasteiger partial charge is 0.349 e. The van der Waals surface area contributed by atoms with Gasteiger partial charge in [-0.1, -0.05) is 19.8 Å². The van der Waals surface area contributed by atoms with Gasteiger partial charge in [-0.15, -0.1) is 0 Å². The lowest BCUT2D eigenvalue weighted by atomic mass is 9.88. The van der Waals surface area contributed by atoms with Gasteiger partial charge in [0.15, 0.2) is 0 Å². The van der Waals surface area contributed by atoms with Crippen molar-refractivity contribution in [3.05, 3.63) is 0 Å². The molecular formula is C13H26N2O. The SMILES string of the molecule is CC(CC(=O)N(C)C)NCC1(C)CCCC1.